The van der Waals surface area contributed by atoms with Crippen molar-refractivity contribution in [2.45, 2.75) is 4.90 Å². The molecule has 1 aromatic carbocycles. The van der Waals surface area contributed by atoms with Crippen LogP contribution in [0.25, 0.3) is 0 Å². The van der Waals surface area contributed by atoms with Crippen LogP contribution >= 0.6 is 11.9 Å². The number of ketones is 1. The summed E-state index contributed by atoms with van der Waals surface area (Å²) in [6, 6.07) is 5.48. The molecule has 13 heavy (non-hydrogen) atoms. The summed E-state index contributed by atoms with van der Waals surface area (Å²) in [5.41, 5.74) is 0.782. The summed E-state index contributed by atoms with van der Waals surface area (Å²) >= 11 is 1.47. The third-order valence-electron chi connectivity index (χ3n) is 1.90. The molecule has 3 nitrogen and oxygen atoms in total. The van der Waals surface area contributed by atoms with Crippen molar-refractivity contribution >= 4 is 17.7 Å². The van der Waals surface area contributed by atoms with Crippen LogP contribution in [0.15, 0.2) is 23.1 Å². The summed E-state index contributed by atoms with van der Waals surface area (Å²) in [4.78, 5) is 12.3. The first-order chi connectivity index (χ1) is 6.31. The predicted octanol–water partition coefficient (Wildman–Crippen LogP) is 1.49. The number of nitrogens with one attached hydrogen (secondary N) is 1. The maximum absolute atomic E-state index is 11.4. The van der Waals surface area contributed by atoms with Crippen LogP contribution in [0.2, 0.25) is 0 Å². The van der Waals surface area contributed by atoms with Crippen LogP contribution in [0.3, 0.4) is 0 Å². The predicted molar refractivity (Wildman–Crippen MR) is 51.2 cm³/mol. The molecule has 0 saturated heterocycles. The van der Waals surface area contributed by atoms with Gasteiger partial charge in [-0.2, -0.15) is 0 Å². The number of benzene rings is 1. The zero-order valence-corrected chi connectivity index (χ0v) is 7.98. The van der Waals surface area contributed by atoms with Crippen LogP contribution in [0.4, 0.5) is 0 Å². The molecule has 1 N–H and O–H groups in total. The smallest absolute Gasteiger partial charge is 0.178 e. The van der Waals surface area contributed by atoms with Crippen molar-refractivity contribution in [3.8, 4) is 5.75 Å². The van der Waals surface area contributed by atoms with E-state index in [0.29, 0.717) is 6.54 Å². The van der Waals surface area contributed by atoms with E-state index in [0.717, 1.165) is 16.2 Å². The van der Waals surface area contributed by atoms with Gasteiger partial charge in [0.15, 0.2) is 5.78 Å². The molecule has 1 aromatic rings. The van der Waals surface area contributed by atoms with E-state index in [9.17, 15) is 4.79 Å². The molecule has 2 rings (SSSR count). The zero-order chi connectivity index (χ0) is 9.26. The molecule has 0 amide bonds. The van der Waals surface area contributed by atoms with E-state index in [1.807, 2.05) is 18.2 Å². The second kappa shape index (κ2) is 3.40. The summed E-state index contributed by atoms with van der Waals surface area (Å²) in [5, 5.41) is 0. The van der Waals surface area contributed by atoms with Gasteiger partial charge < -0.3 is 4.74 Å². The summed E-state index contributed by atoms with van der Waals surface area (Å²) in [6.07, 6.45) is 0. The molecule has 0 aliphatic carbocycles. The van der Waals surface area contributed by atoms with Gasteiger partial charge in [0, 0.05) is 10.5 Å². The zero-order valence-electron chi connectivity index (χ0n) is 7.16. The van der Waals surface area contributed by atoms with Crippen molar-refractivity contribution in [3.63, 3.8) is 0 Å². The highest BCUT2D eigenvalue weighted by atomic mass is 32.2. The quantitative estimate of drug-likeness (QED) is 0.689. The molecule has 0 bridgehead atoms. The summed E-state index contributed by atoms with van der Waals surface area (Å²) in [7, 11) is 1.62. The molecule has 0 unspecified atom stereocenters. The highest BCUT2D eigenvalue weighted by molar-refractivity contribution is 7.97. The molecule has 0 aromatic heterocycles. The third kappa shape index (κ3) is 1.55. The molecule has 0 fully saturated rings. The van der Waals surface area contributed by atoms with Gasteiger partial charge in [-0.15, -0.1) is 0 Å². The van der Waals surface area contributed by atoms with Crippen molar-refractivity contribution in [1.29, 1.82) is 0 Å². The Labute approximate surface area is 80.6 Å². The van der Waals surface area contributed by atoms with Crippen molar-refractivity contribution < 1.29 is 9.53 Å². The van der Waals surface area contributed by atoms with Crippen LogP contribution < -0.4 is 9.46 Å². The molecule has 4 heteroatoms. The fraction of sp³-hybridized carbons (Fsp3) is 0.222. The van der Waals surface area contributed by atoms with Crippen molar-refractivity contribution in [2.24, 2.45) is 0 Å². The molecule has 1 aliphatic rings. The maximum atomic E-state index is 11.4. The molecule has 1 heterocycles. The highest BCUT2D eigenvalue weighted by Crippen LogP contribution is 2.28. The van der Waals surface area contributed by atoms with Crippen LogP contribution in [-0.2, 0) is 0 Å². The third-order valence-corrected chi connectivity index (χ3v) is 2.75. The molecule has 0 spiro atoms. The van der Waals surface area contributed by atoms with Crippen molar-refractivity contribution in [2.75, 3.05) is 13.7 Å². The monoisotopic (exact) mass is 195 g/mol. The van der Waals surface area contributed by atoms with Gasteiger partial charge in [-0.3, -0.25) is 9.52 Å². The first kappa shape index (κ1) is 8.59. The minimum atomic E-state index is 0.136. The minimum Gasteiger partial charge on any atom is -0.497 e. The molecule has 1 aliphatic heterocycles. The first-order valence-corrected chi connectivity index (χ1v) is 4.74. The lowest BCUT2D eigenvalue weighted by Crippen LogP contribution is -2.22. The number of rotatable bonds is 1. The molecule has 0 radical (unpaired) electrons. The minimum absolute atomic E-state index is 0.136. The average Bonchev–Trinajstić information content (AvgIpc) is 2.18. The Hall–Kier alpha value is -1.00. The Morgan fingerprint density at radius 3 is 3.15 bits per heavy atom. The van der Waals surface area contributed by atoms with Gasteiger partial charge in [0.25, 0.3) is 0 Å². The van der Waals surface area contributed by atoms with Gasteiger partial charge in [0.1, 0.15) is 5.75 Å². The number of hydrogen-bond donors (Lipinski definition) is 1. The van der Waals surface area contributed by atoms with E-state index >= 15 is 0 Å². The normalized spacial score (nSPS) is 15.3. The number of carbonyl (C=O) groups excluding carboxylic acids is 1. The molecular weight excluding hydrogens is 186 g/mol. The van der Waals surface area contributed by atoms with Crippen LogP contribution in [0.5, 0.6) is 5.75 Å². The second-order valence-electron chi connectivity index (χ2n) is 2.71. The largest absolute Gasteiger partial charge is 0.497 e. The van der Waals surface area contributed by atoms with E-state index < -0.39 is 0 Å². The summed E-state index contributed by atoms with van der Waals surface area (Å²) < 4.78 is 8.02. The van der Waals surface area contributed by atoms with E-state index in [1.54, 1.807) is 7.11 Å². The summed E-state index contributed by atoms with van der Waals surface area (Å²) in [5.74, 6) is 0.916. The maximum Gasteiger partial charge on any atom is 0.178 e. The van der Waals surface area contributed by atoms with E-state index in [4.69, 9.17) is 4.74 Å². The van der Waals surface area contributed by atoms with Gasteiger partial charge >= 0.3 is 0 Å². The van der Waals surface area contributed by atoms with Crippen LogP contribution in [0.1, 0.15) is 10.4 Å². The number of methoxy groups -OCH3 is 1. The molecule has 0 atom stereocenters. The Bertz CT molecular complexity index is 351. The van der Waals surface area contributed by atoms with Crippen molar-refractivity contribution in [1.82, 2.24) is 4.72 Å². The Balaban J connectivity index is 2.45. The lowest BCUT2D eigenvalue weighted by atomic mass is 10.1. The number of fused-ring (bicyclic) bond motifs is 1. The second-order valence-corrected chi connectivity index (χ2v) is 3.64. The topological polar surface area (TPSA) is 38.3 Å². The van der Waals surface area contributed by atoms with E-state index in [-0.39, 0.29) is 5.78 Å². The van der Waals surface area contributed by atoms with Gasteiger partial charge in [0.05, 0.1) is 13.7 Å². The fourth-order valence-electron chi connectivity index (χ4n) is 1.22. The molecular formula is C9H9NO2S. The number of Topliss-reactive ketones (excluding diaryl/α,β-unsaturated/α-hetero) is 1. The van der Waals surface area contributed by atoms with Gasteiger partial charge in [-0.1, -0.05) is 0 Å². The number of ether oxygens (including phenoxy) is 1. The standard InChI is InChI=1S/C9H9NO2S/c1-12-6-2-3-7-8(11)5-10-13-9(7)4-6/h2-4,10H,5H2,1H3. The fourth-order valence-corrected chi connectivity index (χ4v) is 2.04. The highest BCUT2D eigenvalue weighted by Gasteiger charge is 2.17. The van der Waals surface area contributed by atoms with E-state index in [2.05, 4.69) is 4.72 Å². The number of carbonyl (C=O) groups is 1. The lowest BCUT2D eigenvalue weighted by molar-refractivity contribution is 0.0993. The van der Waals surface area contributed by atoms with Gasteiger partial charge in [-0.25, -0.2) is 0 Å². The van der Waals surface area contributed by atoms with Crippen LogP contribution in [-0.4, -0.2) is 19.4 Å². The van der Waals surface area contributed by atoms with Gasteiger partial charge in [-0.05, 0) is 30.1 Å². The Morgan fingerprint density at radius 1 is 1.54 bits per heavy atom. The molecule has 68 valence electrons. The molecule has 0 saturated carbocycles. The first-order valence-electron chi connectivity index (χ1n) is 3.92. The van der Waals surface area contributed by atoms with Crippen LogP contribution in [0, 0.1) is 0 Å². The Kier molecular flexibility index (Phi) is 2.24. The lowest BCUT2D eigenvalue weighted by Gasteiger charge is -2.15. The summed E-state index contributed by atoms with van der Waals surface area (Å²) in [6.45, 7) is 0.407. The Morgan fingerprint density at radius 2 is 2.38 bits per heavy atom. The number of hydrogen-bond acceptors (Lipinski definition) is 4. The van der Waals surface area contributed by atoms with Gasteiger partial charge in [0.2, 0.25) is 0 Å². The van der Waals surface area contributed by atoms with Crippen molar-refractivity contribution in [3.05, 3.63) is 23.8 Å². The SMILES string of the molecule is COc1ccc2c(c1)SNCC2=O. The van der Waals surface area contributed by atoms with E-state index in [1.165, 1.54) is 11.9 Å². The average molecular weight is 195 g/mol.